The third-order valence-electron chi connectivity index (χ3n) is 2.89. The van der Waals surface area contributed by atoms with Gasteiger partial charge >= 0.3 is 0 Å². The fraction of sp³-hybridized carbons (Fsp3) is 0.545. The molecule has 1 aliphatic heterocycles. The van der Waals surface area contributed by atoms with Crippen molar-refractivity contribution in [3.05, 3.63) is 24.2 Å². The lowest BCUT2D eigenvalue weighted by Gasteiger charge is -2.21. The Bertz CT molecular complexity index is 359. The molecule has 0 N–H and O–H groups in total. The maximum Gasteiger partial charge on any atom is 0.226 e. The van der Waals surface area contributed by atoms with Crippen LogP contribution >= 0.6 is 11.8 Å². The maximum absolute atomic E-state index is 12.0. The lowest BCUT2D eigenvalue weighted by Crippen LogP contribution is -2.31. The van der Waals surface area contributed by atoms with E-state index in [4.69, 9.17) is 4.42 Å². The second-order valence-electron chi connectivity index (χ2n) is 4.04. The summed E-state index contributed by atoms with van der Waals surface area (Å²) in [4.78, 5) is 14.0. The van der Waals surface area contributed by atoms with E-state index in [1.807, 2.05) is 17.0 Å². The van der Waals surface area contributed by atoms with Crippen LogP contribution < -0.4 is 0 Å². The summed E-state index contributed by atoms with van der Waals surface area (Å²) in [5.41, 5.74) is 0. The molecule has 1 saturated carbocycles. The van der Waals surface area contributed by atoms with Gasteiger partial charge in [-0.25, -0.2) is 0 Å². The second-order valence-corrected chi connectivity index (χ2v) is 5.23. The molecule has 1 saturated heterocycles. The van der Waals surface area contributed by atoms with Gasteiger partial charge in [-0.15, -0.1) is 11.8 Å². The zero-order valence-electron chi connectivity index (χ0n) is 8.39. The molecule has 4 heteroatoms. The molecule has 1 amide bonds. The van der Waals surface area contributed by atoms with Gasteiger partial charge in [0.15, 0.2) is 0 Å². The van der Waals surface area contributed by atoms with Crippen molar-refractivity contribution in [2.24, 2.45) is 5.92 Å². The molecule has 0 unspecified atom stereocenters. The van der Waals surface area contributed by atoms with Crippen LogP contribution in [0.1, 0.15) is 24.0 Å². The van der Waals surface area contributed by atoms with Gasteiger partial charge in [0.1, 0.15) is 11.1 Å². The first-order valence-electron chi connectivity index (χ1n) is 5.32. The van der Waals surface area contributed by atoms with Gasteiger partial charge < -0.3 is 9.32 Å². The Morgan fingerprint density at radius 2 is 2.40 bits per heavy atom. The van der Waals surface area contributed by atoms with E-state index >= 15 is 0 Å². The van der Waals surface area contributed by atoms with Gasteiger partial charge in [0.05, 0.1) is 6.26 Å². The minimum absolute atomic E-state index is 0.119. The van der Waals surface area contributed by atoms with Crippen LogP contribution in [0.5, 0.6) is 0 Å². The first-order chi connectivity index (χ1) is 7.36. The van der Waals surface area contributed by atoms with Crippen LogP contribution in [0, 0.1) is 5.92 Å². The van der Waals surface area contributed by atoms with Gasteiger partial charge in [-0.2, -0.15) is 0 Å². The van der Waals surface area contributed by atoms with Gasteiger partial charge in [-0.3, -0.25) is 4.79 Å². The van der Waals surface area contributed by atoms with Crippen LogP contribution in [0.3, 0.4) is 0 Å². The van der Waals surface area contributed by atoms with E-state index in [2.05, 4.69) is 0 Å². The predicted octanol–water partition coefficient (Wildman–Crippen LogP) is 2.26. The van der Waals surface area contributed by atoms with Crippen molar-refractivity contribution in [2.45, 2.75) is 18.2 Å². The Kier molecular flexibility index (Phi) is 2.24. The SMILES string of the molecule is O=C(C1CC1)N1CCS[C@@H]1c1ccco1. The highest BCUT2D eigenvalue weighted by Crippen LogP contribution is 2.42. The van der Waals surface area contributed by atoms with Crippen molar-refractivity contribution in [3.63, 3.8) is 0 Å². The zero-order valence-corrected chi connectivity index (χ0v) is 9.20. The molecule has 80 valence electrons. The van der Waals surface area contributed by atoms with Crippen LogP contribution in [0.4, 0.5) is 0 Å². The molecular formula is C11H13NO2S. The fourth-order valence-corrected chi connectivity index (χ4v) is 3.14. The first-order valence-corrected chi connectivity index (χ1v) is 6.36. The number of hydrogen-bond donors (Lipinski definition) is 0. The Morgan fingerprint density at radius 1 is 1.53 bits per heavy atom. The van der Waals surface area contributed by atoms with Gasteiger partial charge in [0.2, 0.25) is 5.91 Å². The second kappa shape index (κ2) is 3.59. The van der Waals surface area contributed by atoms with Crippen molar-refractivity contribution in [1.29, 1.82) is 0 Å². The van der Waals surface area contributed by atoms with Crippen LogP contribution in [-0.2, 0) is 4.79 Å². The van der Waals surface area contributed by atoms with Crippen molar-refractivity contribution in [3.8, 4) is 0 Å². The molecule has 1 aromatic heterocycles. The van der Waals surface area contributed by atoms with Crippen molar-refractivity contribution in [2.75, 3.05) is 12.3 Å². The smallest absolute Gasteiger partial charge is 0.226 e. The van der Waals surface area contributed by atoms with Gasteiger partial charge in [-0.1, -0.05) is 0 Å². The molecule has 1 aliphatic carbocycles. The van der Waals surface area contributed by atoms with E-state index < -0.39 is 0 Å². The Morgan fingerprint density at radius 3 is 3.07 bits per heavy atom. The largest absolute Gasteiger partial charge is 0.466 e. The average Bonchev–Trinajstić information content (AvgIpc) is 2.80. The van der Waals surface area contributed by atoms with E-state index in [-0.39, 0.29) is 5.37 Å². The van der Waals surface area contributed by atoms with Gasteiger partial charge in [0.25, 0.3) is 0 Å². The molecule has 0 aromatic carbocycles. The van der Waals surface area contributed by atoms with Crippen LogP contribution in [0.15, 0.2) is 22.8 Å². The standard InChI is InChI=1S/C11H13NO2S/c13-10(8-3-4-8)12-5-7-15-11(12)9-2-1-6-14-9/h1-2,6,8,11H,3-5,7H2/t11-/m1/s1. The van der Waals surface area contributed by atoms with Crippen LogP contribution in [-0.4, -0.2) is 23.1 Å². The molecule has 0 radical (unpaired) electrons. The molecule has 3 rings (SSSR count). The summed E-state index contributed by atoms with van der Waals surface area (Å²) in [5.74, 6) is 2.55. The molecule has 2 fully saturated rings. The van der Waals surface area contributed by atoms with E-state index in [0.29, 0.717) is 11.8 Å². The van der Waals surface area contributed by atoms with E-state index in [1.54, 1.807) is 18.0 Å². The topological polar surface area (TPSA) is 33.5 Å². The summed E-state index contributed by atoms with van der Waals surface area (Å²) in [6.07, 6.45) is 3.82. The number of furan rings is 1. The molecule has 0 spiro atoms. The molecule has 0 bridgehead atoms. The molecule has 2 heterocycles. The molecule has 15 heavy (non-hydrogen) atoms. The van der Waals surface area contributed by atoms with Crippen LogP contribution in [0.2, 0.25) is 0 Å². The van der Waals surface area contributed by atoms with E-state index in [0.717, 1.165) is 30.9 Å². The molecule has 3 nitrogen and oxygen atoms in total. The molecule has 1 aromatic rings. The zero-order chi connectivity index (χ0) is 10.3. The molecule has 1 atom stereocenters. The highest BCUT2D eigenvalue weighted by molar-refractivity contribution is 7.99. The number of hydrogen-bond acceptors (Lipinski definition) is 3. The highest BCUT2D eigenvalue weighted by atomic mass is 32.2. The number of carbonyl (C=O) groups is 1. The minimum Gasteiger partial charge on any atom is -0.466 e. The average molecular weight is 223 g/mol. The number of nitrogens with zero attached hydrogens (tertiary/aromatic N) is 1. The number of carbonyl (C=O) groups excluding carboxylic acids is 1. The summed E-state index contributed by atoms with van der Waals surface area (Å²) in [6, 6.07) is 3.84. The lowest BCUT2D eigenvalue weighted by molar-refractivity contribution is -0.132. The fourth-order valence-electron chi connectivity index (χ4n) is 1.93. The number of rotatable bonds is 2. The molecule has 2 aliphatic rings. The Labute approximate surface area is 92.8 Å². The lowest BCUT2D eigenvalue weighted by atomic mass is 10.3. The molecular weight excluding hydrogens is 210 g/mol. The van der Waals surface area contributed by atoms with Crippen molar-refractivity contribution in [1.82, 2.24) is 4.90 Å². The first kappa shape index (κ1) is 9.33. The van der Waals surface area contributed by atoms with Gasteiger partial charge in [-0.05, 0) is 25.0 Å². The Balaban J connectivity index is 1.79. The highest BCUT2D eigenvalue weighted by Gasteiger charge is 2.39. The summed E-state index contributed by atoms with van der Waals surface area (Å²) in [7, 11) is 0. The number of amides is 1. The predicted molar refractivity (Wildman–Crippen MR) is 58.3 cm³/mol. The normalized spacial score (nSPS) is 25.9. The summed E-state index contributed by atoms with van der Waals surface area (Å²) in [6.45, 7) is 0.866. The van der Waals surface area contributed by atoms with Crippen molar-refractivity contribution >= 4 is 17.7 Å². The van der Waals surface area contributed by atoms with Crippen molar-refractivity contribution < 1.29 is 9.21 Å². The summed E-state index contributed by atoms with van der Waals surface area (Å²) < 4.78 is 5.38. The Hall–Kier alpha value is -0.900. The third kappa shape index (κ3) is 1.67. The number of thioether (sulfide) groups is 1. The van der Waals surface area contributed by atoms with Gasteiger partial charge in [0, 0.05) is 18.2 Å². The summed E-state index contributed by atoms with van der Waals surface area (Å²) >= 11 is 1.79. The van der Waals surface area contributed by atoms with E-state index in [9.17, 15) is 4.79 Å². The summed E-state index contributed by atoms with van der Waals surface area (Å²) in [5, 5.41) is 0.119. The third-order valence-corrected chi connectivity index (χ3v) is 4.11. The van der Waals surface area contributed by atoms with Crippen LogP contribution in [0.25, 0.3) is 0 Å². The van der Waals surface area contributed by atoms with E-state index in [1.165, 1.54) is 0 Å². The monoisotopic (exact) mass is 223 g/mol. The quantitative estimate of drug-likeness (QED) is 0.771. The maximum atomic E-state index is 12.0. The minimum atomic E-state index is 0.119.